The smallest absolute Gasteiger partial charge is 0.223 e. The molecule has 0 N–H and O–H groups in total. The lowest BCUT2D eigenvalue weighted by molar-refractivity contribution is -0.169. The van der Waals surface area contributed by atoms with Crippen LogP contribution in [0.1, 0.15) is 76.8 Å². The third-order valence-electron chi connectivity index (χ3n) is 11.8. The van der Waals surface area contributed by atoms with Crippen LogP contribution in [0.25, 0.3) is 0 Å². The van der Waals surface area contributed by atoms with Crippen molar-refractivity contribution in [3.8, 4) is 17.2 Å². The van der Waals surface area contributed by atoms with Crippen LogP contribution in [-0.2, 0) is 11.3 Å². The van der Waals surface area contributed by atoms with Crippen molar-refractivity contribution in [2.45, 2.75) is 91.3 Å². The van der Waals surface area contributed by atoms with Crippen LogP contribution in [0.4, 0.5) is 0 Å². The summed E-state index contributed by atoms with van der Waals surface area (Å²) >= 11 is 6.42. The predicted molar refractivity (Wildman–Crippen MR) is 163 cm³/mol. The molecule has 5 unspecified atom stereocenters. The lowest BCUT2D eigenvalue weighted by atomic mass is 9.45. The summed E-state index contributed by atoms with van der Waals surface area (Å²) in [6, 6.07) is 12.3. The van der Waals surface area contributed by atoms with Gasteiger partial charge in [0.1, 0.15) is 17.2 Å². The van der Waals surface area contributed by atoms with Gasteiger partial charge in [-0.1, -0.05) is 38.4 Å². The normalized spacial score (nSPS) is 36.3. The largest absolute Gasteiger partial charge is 0.497 e. The zero-order chi connectivity index (χ0) is 29.1. The second kappa shape index (κ2) is 10.7. The lowest BCUT2D eigenvalue weighted by Gasteiger charge is -2.63. The molecule has 3 saturated carbocycles. The van der Waals surface area contributed by atoms with Crippen molar-refractivity contribution in [2.75, 3.05) is 14.2 Å². The van der Waals surface area contributed by atoms with Crippen LogP contribution >= 0.6 is 11.6 Å². The van der Waals surface area contributed by atoms with Gasteiger partial charge in [0.15, 0.2) is 0 Å². The summed E-state index contributed by atoms with van der Waals surface area (Å²) in [5.74, 6) is 5.21. The Morgan fingerprint density at radius 2 is 1.78 bits per heavy atom. The maximum Gasteiger partial charge on any atom is 0.223 e. The Kier molecular flexibility index (Phi) is 7.49. The highest BCUT2D eigenvalue weighted by molar-refractivity contribution is 6.31. The predicted octanol–water partition coefficient (Wildman–Crippen LogP) is 8.09. The molecule has 1 heterocycles. The van der Waals surface area contributed by atoms with Crippen molar-refractivity contribution in [3.05, 3.63) is 52.5 Å². The molecule has 3 aliphatic carbocycles. The van der Waals surface area contributed by atoms with Gasteiger partial charge in [-0.25, -0.2) is 0 Å². The summed E-state index contributed by atoms with van der Waals surface area (Å²) in [6.07, 6.45) is 7.62. The summed E-state index contributed by atoms with van der Waals surface area (Å²) in [5.41, 5.74) is 2.55. The van der Waals surface area contributed by atoms with Crippen molar-refractivity contribution >= 4 is 17.5 Å². The molecule has 8 atom stereocenters. The molecule has 0 aromatic heterocycles. The number of ether oxygens (including phenoxy) is 3. The number of likely N-dealkylation sites (tertiary alicyclic amines) is 1. The third kappa shape index (κ3) is 4.90. The highest BCUT2D eigenvalue weighted by atomic mass is 35.5. The number of hydrogen-bond acceptors (Lipinski definition) is 4. The van der Waals surface area contributed by atoms with E-state index in [1.54, 1.807) is 14.2 Å². The first-order valence-corrected chi connectivity index (χ1v) is 15.9. The number of halogens is 1. The Balaban J connectivity index is 1.24. The van der Waals surface area contributed by atoms with Crippen LogP contribution in [-0.4, -0.2) is 37.2 Å². The maximum atomic E-state index is 13.5. The van der Waals surface area contributed by atoms with E-state index >= 15 is 0 Å². The van der Waals surface area contributed by atoms with Crippen LogP contribution in [0, 0.1) is 41.4 Å². The Hall–Kier alpha value is -2.40. The van der Waals surface area contributed by atoms with Gasteiger partial charge in [0, 0.05) is 35.7 Å². The zero-order valence-electron chi connectivity index (χ0n) is 25.5. The molecule has 4 fully saturated rings. The van der Waals surface area contributed by atoms with Gasteiger partial charge in [-0.2, -0.15) is 0 Å². The van der Waals surface area contributed by atoms with E-state index in [0.717, 1.165) is 59.1 Å². The van der Waals surface area contributed by atoms with E-state index in [2.05, 4.69) is 43.9 Å². The van der Waals surface area contributed by atoms with Gasteiger partial charge >= 0.3 is 0 Å². The van der Waals surface area contributed by atoms with Crippen molar-refractivity contribution in [1.29, 1.82) is 0 Å². The van der Waals surface area contributed by atoms with Crippen LogP contribution in [0.5, 0.6) is 17.2 Å². The molecule has 222 valence electrons. The number of fused-ring (bicyclic) bond motifs is 5. The topological polar surface area (TPSA) is 48.0 Å². The lowest BCUT2D eigenvalue weighted by Crippen LogP contribution is -2.63. The van der Waals surface area contributed by atoms with Crippen molar-refractivity contribution in [3.63, 3.8) is 0 Å². The van der Waals surface area contributed by atoms with E-state index in [9.17, 15) is 4.79 Å². The molecular formula is C35H46ClNO4. The SMILES string of the molecule is COc1ccc(CN2C(=O)CC[C@]3(C)C4CC[C@]5(C)CC(Oc6ccc(C)c(Cl)c6)CC5C4[C@@H](C)CC23)c(OC)c1. The second-order valence-corrected chi connectivity index (χ2v) is 14.4. The van der Waals surface area contributed by atoms with Gasteiger partial charge in [0.05, 0.1) is 20.3 Å². The minimum Gasteiger partial charge on any atom is -0.497 e. The highest BCUT2D eigenvalue weighted by Crippen LogP contribution is 2.66. The molecule has 1 amide bonds. The van der Waals surface area contributed by atoms with Crippen molar-refractivity contribution in [2.24, 2.45) is 34.5 Å². The third-order valence-corrected chi connectivity index (χ3v) is 12.2. The number of hydrogen-bond donors (Lipinski definition) is 0. The summed E-state index contributed by atoms with van der Waals surface area (Å²) in [6.45, 7) is 10.1. The molecule has 1 saturated heterocycles. The van der Waals surface area contributed by atoms with Crippen molar-refractivity contribution in [1.82, 2.24) is 4.90 Å². The first kappa shape index (κ1) is 28.7. The Bertz CT molecular complexity index is 1310. The number of methoxy groups -OCH3 is 2. The van der Waals surface area contributed by atoms with Gasteiger partial charge in [0.25, 0.3) is 0 Å². The van der Waals surface area contributed by atoms with E-state index in [1.165, 1.54) is 12.8 Å². The molecule has 0 bridgehead atoms. The van der Waals surface area contributed by atoms with E-state index in [0.29, 0.717) is 42.1 Å². The Morgan fingerprint density at radius 3 is 2.51 bits per heavy atom. The van der Waals surface area contributed by atoms with Gasteiger partial charge in [-0.3, -0.25) is 4.79 Å². The zero-order valence-corrected chi connectivity index (χ0v) is 26.3. The Labute approximate surface area is 250 Å². The maximum absolute atomic E-state index is 13.5. The summed E-state index contributed by atoms with van der Waals surface area (Å²) < 4.78 is 17.7. The standard InChI is InChI=1S/C35H46ClNO4/c1-21-7-9-25(17-29(21)36)41-26-16-28-33-22(2)15-31-35(4,27(33)11-13-34(28,3)19-26)14-12-32(38)37(31)20-23-8-10-24(39-5)18-30(23)40-6/h7-10,17-18,22,26-28,31,33H,11-16,19-20H2,1-6H3/t22-,26?,27?,28?,31?,33?,34+,35+/m0/s1. The minimum absolute atomic E-state index is 0.121. The number of benzene rings is 2. The number of piperidine rings is 1. The average molecular weight is 580 g/mol. The number of rotatable bonds is 6. The summed E-state index contributed by atoms with van der Waals surface area (Å²) in [4.78, 5) is 15.7. The molecule has 0 radical (unpaired) electrons. The monoisotopic (exact) mass is 579 g/mol. The number of carbonyl (C=O) groups is 1. The molecule has 6 rings (SSSR count). The average Bonchev–Trinajstić information content (AvgIpc) is 3.29. The molecule has 1 aliphatic heterocycles. The van der Waals surface area contributed by atoms with Crippen LogP contribution in [0.2, 0.25) is 5.02 Å². The van der Waals surface area contributed by atoms with E-state index < -0.39 is 0 Å². The molecule has 5 nitrogen and oxygen atoms in total. The van der Waals surface area contributed by atoms with E-state index in [1.807, 2.05) is 25.1 Å². The quantitative estimate of drug-likeness (QED) is 0.347. The van der Waals surface area contributed by atoms with Crippen LogP contribution < -0.4 is 14.2 Å². The Morgan fingerprint density at radius 1 is 1.00 bits per heavy atom. The van der Waals surface area contributed by atoms with E-state index in [-0.39, 0.29) is 23.5 Å². The molecule has 41 heavy (non-hydrogen) atoms. The molecule has 6 heteroatoms. The van der Waals surface area contributed by atoms with Gasteiger partial charge in [-0.15, -0.1) is 0 Å². The van der Waals surface area contributed by atoms with Gasteiger partial charge in [-0.05, 0) is 110 Å². The molecule has 0 spiro atoms. The number of aryl methyl sites for hydroxylation is 1. The molecule has 4 aliphatic rings. The first-order valence-electron chi connectivity index (χ1n) is 15.5. The summed E-state index contributed by atoms with van der Waals surface area (Å²) in [5, 5.41) is 0.771. The van der Waals surface area contributed by atoms with Gasteiger partial charge in [0.2, 0.25) is 5.91 Å². The summed E-state index contributed by atoms with van der Waals surface area (Å²) in [7, 11) is 3.36. The number of carbonyl (C=O) groups excluding carboxylic acids is 1. The highest BCUT2D eigenvalue weighted by Gasteiger charge is 2.62. The fourth-order valence-electron chi connectivity index (χ4n) is 9.60. The molecule has 2 aromatic rings. The van der Waals surface area contributed by atoms with Gasteiger partial charge < -0.3 is 19.1 Å². The number of amides is 1. The fraction of sp³-hybridized carbons (Fsp3) is 0.629. The molecule has 2 aromatic carbocycles. The second-order valence-electron chi connectivity index (χ2n) is 14.0. The van der Waals surface area contributed by atoms with E-state index in [4.69, 9.17) is 25.8 Å². The van der Waals surface area contributed by atoms with Crippen LogP contribution in [0.15, 0.2) is 36.4 Å². The first-order chi connectivity index (χ1) is 19.6. The van der Waals surface area contributed by atoms with Crippen LogP contribution in [0.3, 0.4) is 0 Å². The fourth-order valence-corrected chi connectivity index (χ4v) is 9.77. The minimum atomic E-state index is 0.121. The van der Waals surface area contributed by atoms with Crippen molar-refractivity contribution < 1.29 is 19.0 Å². The molecular weight excluding hydrogens is 534 g/mol. The number of nitrogens with zero attached hydrogens (tertiary/aromatic N) is 1.